The molecule has 0 radical (unpaired) electrons. The van der Waals surface area contributed by atoms with E-state index in [9.17, 15) is 30.3 Å². The van der Waals surface area contributed by atoms with E-state index < -0.39 is 41.9 Å². The second-order valence-corrected chi connectivity index (χ2v) is 17.0. The van der Waals surface area contributed by atoms with Crippen LogP contribution in [0.1, 0.15) is 82.1 Å². The Morgan fingerprint density at radius 3 is 2.59 bits per heavy atom. The van der Waals surface area contributed by atoms with Crippen LogP contribution in [0.25, 0.3) is 0 Å². The van der Waals surface area contributed by atoms with Crippen LogP contribution in [0.5, 0.6) is 11.5 Å². The molecule has 0 amide bonds. The van der Waals surface area contributed by atoms with Gasteiger partial charge in [-0.25, -0.2) is 4.99 Å². The molecule has 0 saturated carbocycles. The van der Waals surface area contributed by atoms with E-state index >= 15 is 0 Å². The maximum atomic E-state index is 12.7. The van der Waals surface area contributed by atoms with Crippen molar-refractivity contribution in [2.24, 2.45) is 39.8 Å². The van der Waals surface area contributed by atoms with Gasteiger partial charge in [0, 0.05) is 76.1 Å². The first-order valence-electron chi connectivity index (χ1n) is 20.1. The molecule has 3 fully saturated rings. The Morgan fingerprint density at radius 2 is 1.83 bits per heavy atom. The fourth-order valence-corrected chi connectivity index (χ4v) is 10.2. The molecule has 8 rings (SSSR count). The Bertz CT molecular complexity index is 1570. The topological polar surface area (TPSA) is 206 Å². The SMILES string of the molecule is CC(=O)O[C@@H]1C[C@@H](O)CC[C@@]2(C#C[C@@H]3CCC[C@@H]4C[C@@H](CCN4)Oc4cc(c(C(O)O)cc4O)C[C@@H]31)CNC(N)=NCN1C[C@H]3C[C@H](C1)CN(C3)C[C@H]2O. The van der Waals surface area contributed by atoms with Crippen molar-refractivity contribution in [2.75, 3.05) is 52.5 Å². The highest BCUT2D eigenvalue weighted by atomic mass is 16.5. The Kier molecular flexibility index (Phi) is 12.2. The molecule has 0 aromatic heterocycles. The average molecular weight is 753 g/mol. The number of benzene rings is 1. The fourth-order valence-electron chi connectivity index (χ4n) is 10.2. The highest BCUT2D eigenvalue weighted by Crippen LogP contribution is 2.41. The second-order valence-electron chi connectivity index (χ2n) is 17.0. The number of aromatic hydroxyl groups is 1. The van der Waals surface area contributed by atoms with Gasteiger partial charge in [-0.15, -0.1) is 0 Å². The van der Waals surface area contributed by atoms with E-state index in [0.717, 1.165) is 58.4 Å². The molecule has 298 valence electrons. The van der Waals surface area contributed by atoms with Crippen molar-refractivity contribution >= 4 is 11.9 Å². The molecule has 8 bridgehead atoms. The monoisotopic (exact) mass is 752 g/mol. The van der Waals surface area contributed by atoms with Gasteiger partial charge in [0.05, 0.1) is 24.3 Å². The number of fused-ring (bicyclic) bond motifs is 9. The van der Waals surface area contributed by atoms with Crippen LogP contribution in [0.2, 0.25) is 0 Å². The number of aliphatic imine (C=N–C) groups is 1. The van der Waals surface area contributed by atoms with Crippen molar-refractivity contribution in [2.45, 2.75) is 108 Å². The molecule has 6 aliphatic heterocycles. The molecule has 1 aliphatic carbocycles. The summed E-state index contributed by atoms with van der Waals surface area (Å²) in [7, 11) is 0. The van der Waals surface area contributed by atoms with Crippen LogP contribution >= 0.6 is 0 Å². The number of phenolic OH excluding ortho intramolecular Hbond substituents is 1. The fraction of sp³-hybridized carbons (Fsp3) is 0.750. The summed E-state index contributed by atoms with van der Waals surface area (Å²) in [4.78, 5) is 22.1. The number of piperidine rings is 3. The van der Waals surface area contributed by atoms with E-state index in [2.05, 4.69) is 37.3 Å². The lowest BCUT2D eigenvalue weighted by molar-refractivity contribution is -0.152. The minimum atomic E-state index is -1.88. The first kappa shape index (κ1) is 39.1. The number of carbonyl (C=O) groups is 1. The van der Waals surface area contributed by atoms with Gasteiger partial charge in [-0.3, -0.25) is 9.69 Å². The normalized spacial score (nSPS) is 38.9. The summed E-state index contributed by atoms with van der Waals surface area (Å²) < 4.78 is 12.4. The largest absolute Gasteiger partial charge is 0.504 e. The predicted octanol–water partition coefficient (Wildman–Crippen LogP) is 0.790. The Labute approximate surface area is 318 Å². The zero-order chi connectivity index (χ0) is 38.0. The minimum Gasteiger partial charge on any atom is -0.504 e. The molecule has 54 heavy (non-hydrogen) atoms. The molecule has 7 aliphatic rings. The average Bonchev–Trinajstić information content (AvgIpc) is 3.12. The second kappa shape index (κ2) is 16.9. The lowest BCUT2D eigenvalue weighted by Crippen LogP contribution is -2.56. The summed E-state index contributed by atoms with van der Waals surface area (Å²) in [6, 6.07) is 3.20. The number of nitrogens with one attached hydrogen (secondary N) is 2. The van der Waals surface area contributed by atoms with Crippen molar-refractivity contribution < 1.29 is 39.8 Å². The van der Waals surface area contributed by atoms with Gasteiger partial charge in [0.2, 0.25) is 0 Å². The van der Waals surface area contributed by atoms with Gasteiger partial charge >= 0.3 is 5.97 Å². The van der Waals surface area contributed by atoms with Crippen molar-refractivity contribution in [1.29, 1.82) is 0 Å². The Balaban J connectivity index is 1.32. The third-order valence-corrected chi connectivity index (χ3v) is 12.8. The van der Waals surface area contributed by atoms with E-state index in [1.54, 1.807) is 6.07 Å². The zero-order valence-electron chi connectivity index (χ0n) is 31.5. The molecular formula is C40H60N6O8. The van der Waals surface area contributed by atoms with Crippen LogP contribution in [0, 0.1) is 40.9 Å². The number of nitrogens with two attached hydrogens (primary N) is 1. The maximum Gasteiger partial charge on any atom is 0.302 e. The van der Waals surface area contributed by atoms with E-state index in [0.29, 0.717) is 55.8 Å². The minimum absolute atomic E-state index is 0.124. The van der Waals surface area contributed by atoms with Crippen molar-refractivity contribution in [3.8, 4) is 23.3 Å². The van der Waals surface area contributed by atoms with Gasteiger partial charge in [0.15, 0.2) is 23.7 Å². The number of carbonyl (C=O) groups excluding carboxylic acids is 1. The van der Waals surface area contributed by atoms with Crippen LogP contribution in [-0.2, 0) is 16.0 Å². The Hall–Kier alpha value is -3.16. The third-order valence-electron chi connectivity index (χ3n) is 12.8. The zero-order valence-corrected chi connectivity index (χ0v) is 31.5. The molecule has 10 atom stereocenters. The van der Waals surface area contributed by atoms with Gasteiger partial charge in [0.1, 0.15) is 12.2 Å². The number of esters is 1. The molecule has 9 N–H and O–H groups in total. The first-order valence-corrected chi connectivity index (χ1v) is 20.1. The summed E-state index contributed by atoms with van der Waals surface area (Å²) in [6.45, 7) is 7.01. The number of aliphatic hydroxyl groups is 4. The van der Waals surface area contributed by atoms with Crippen LogP contribution < -0.4 is 21.1 Å². The summed E-state index contributed by atoms with van der Waals surface area (Å²) in [5.74, 6) is 7.28. The molecule has 3 saturated heterocycles. The number of phenols is 1. The number of rotatable bonds is 2. The first-order chi connectivity index (χ1) is 25.9. The summed E-state index contributed by atoms with van der Waals surface area (Å²) in [5, 5.41) is 63.0. The number of guanidine groups is 1. The van der Waals surface area contributed by atoms with E-state index in [1.807, 2.05) is 0 Å². The van der Waals surface area contributed by atoms with Crippen LogP contribution in [0.3, 0.4) is 0 Å². The van der Waals surface area contributed by atoms with Crippen LogP contribution in [0.15, 0.2) is 17.1 Å². The van der Waals surface area contributed by atoms with E-state index in [-0.39, 0.29) is 54.5 Å². The van der Waals surface area contributed by atoms with Crippen LogP contribution in [0.4, 0.5) is 0 Å². The number of nitrogens with zero attached hydrogens (tertiary/aromatic N) is 3. The standard InChI is InChI=1S/C40H60N6O8/c1-24(47)53-35-15-30(48)6-9-40(22-43-39(41)44-23-46-19-25-11-26(20-46)18-45(17-25)21-37(40)50)8-5-27-3-2-4-29-14-31(7-10-42-29)54-36-13-28(12-32(27)35)33(38(51)52)16-34(36)49/h13,16,25-27,29-32,35,37-38,42,48-52H,2-4,6-7,9-12,14-15,17-23H2,1H3,(H3,41,43,44)/t25-,26-,27-,29+,30-,31+,32-,35+,37+,40-/m0/s1. The van der Waals surface area contributed by atoms with Gasteiger partial charge < -0.3 is 56.3 Å². The molecule has 1 aromatic carbocycles. The van der Waals surface area contributed by atoms with Gasteiger partial charge in [-0.05, 0) is 87.4 Å². The van der Waals surface area contributed by atoms with Crippen molar-refractivity contribution in [3.05, 3.63) is 23.3 Å². The molecule has 6 heterocycles. The number of hydrogen-bond donors (Lipinski definition) is 8. The highest BCUT2D eigenvalue weighted by molar-refractivity contribution is 5.77. The lowest BCUT2D eigenvalue weighted by Gasteiger charge is -2.47. The predicted molar refractivity (Wildman–Crippen MR) is 201 cm³/mol. The lowest BCUT2D eigenvalue weighted by atomic mass is 9.72. The summed E-state index contributed by atoms with van der Waals surface area (Å²) in [6.07, 6.45) is 1.52. The van der Waals surface area contributed by atoms with E-state index in [1.165, 1.54) is 19.4 Å². The summed E-state index contributed by atoms with van der Waals surface area (Å²) >= 11 is 0. The van der Waals surface area contributed by atoms with Crippen molar-refractivity contribution in [1.82, 2.24) is 20.4 Å². The Morgan fingerprint density at radius 1 is 1.06 bits per heavy atom. The number of hydrogen-bond acceptors (Lipinski definition) is 14. The third kappa shape index (κ3) is 9.26. The van der Waals surface area contributed by atoms with Crippen molar-refractivity contribution in [3.63, 3.8) is 0 Å². The molecular weight excluding hydrogens is 692 g/mol. The highest BCUT2D eigenvalue weighted by Gasteiger charge is 2.43. The van der Waals surface area contributed by atoms with Crippen LogP contribution in [-0.4, -0.2) is 130 Å². The maximum absolute atomic E-state index is 12.7. The number of ether oxygens (including phenoxy) is 2. The molecule has 1 aromatic rings. The quantitative estimate of drug-likeness (QED) is 0.120. The van der Waals surface area contributed by atoms with Gasteiger partial charge in [-0.1, -0.05) is 18.3 Å². The molecule has 0 unspecified atom stereocenters. The molecule has 14 heteroatoms. The molecule has 14 nitrogen and oxygen atoms in total. The van der Waals surface area contributed by atoms with Gasteiger partial charge in [0.25, 0.3) is 0 Å². The van der Waals surface area contributed by atoms with Gasteiger partial charge in [-0.2, -0.15) is 0 Å². The molecule has 1 spiro atoms. The smallest absolute Gasteiger partial charge is 0.302 e. The summed E-state index contributed by atoms with van der Waals surface area (Å²) in [5.41, 5.74) is 6.12. The number of aliphatic hydroxyl groups excluding tert-OH is 3. The van der Waals surface area contributed by atoms with E-state index in [4.69, 9.17) is 15.2 Å².